The topological polar surface area (TPSA) is 21.3 Å². The minimum absolute atomic E-state index is 0.908. The molecular formula is C56H36N2O. The summed E-state index contributed by atoms with van der Waals surface area (Å²) in [6.07, 6.45) is 0. The van der Waals surface area contributed by atoms with E-state index in [4.69, 9.17) is 4.42 Å². The second-order valence-electron chi connectivity index (χ2n) is 15.3. The number of rotatable bonds is 6. The van der Waals surface area contributed by atoms with Gasteiger partial charge in [0.2, 0.25) is 0 Å². The Morgan fingerprint density at radius 1 is 0.339 bits per heavy atom. The average molecular weight is 753 g/mol. The van der Waals surface area contributed by atoms with Crippen molar-refractivity contribution in [2.24, 2.45) is 0 Å². The zero-order valence-corrected chi connectivity index (χ0v) is 32.1. The summed E-state index contributed by atoms with van der Waals surface area (Å²) < 4.78 is 8.85. The number of fused-ring (bicyclic) bond motifs is 9. The lowest BCUT2D eigenvalue weighted by Gasteiger charge is -2.27. The number of aromatic nitrogens is 1. The first-order chi connectivity index (χ1) is 29.2. The van der Waals surface area contributed by atoms with Crippen LogP contribution < -0.4 is 4.90 Å². The second-order valence-corrected chi connectivity index (χ2v) is 15.3. The van der Waals surface area contributed by atoms with Crippen molar-refractivity contribution in [3.05, 3.63) is 218 Å². The largest absolute Gasteiger partial charge is 0.455 e. The number of nitrogens with zero attached hydrogens (tertiary/aromatic N) is 2. The molecule has 0 aliphatic carbocycles. The highest BCUT2D eigenvalue weighted by molar-refractivity contribution is 6.15. The zero-order chi connectivity index (χ0) is 38.9. The molecule has 0 aliphatic rings. The molecule has 0 atom stereocenters. The van der Waals surface area contributed by atoms with Gasteiger partial charge in [0.25, 0.3) is 0 Å². The van der Waals surface area contributed by atoms with E-state index in [0.29, 0.717) is 0 Å². The Morgan fingerprint density at radius 3 is 1.80 bits per heavy atom. The Morgan fingerprint density at radius 2 is 0.983 bits per heavy atom. The van der Waals surface area contributed by atoms with E-state index < -0.39 is 0 Å². The number of furan rings is 1. The lowest BCUT2D eigenvalue weighted by molar-refractivity contribution is 0.672. The highest BCUT2D eigenvalue weighted by Crippen LogP contribution is 2.42. The van der Waals surface area contributed by atoms with Gasteiger partial charge in [0, 0.05) is 49.7 Å². The molecule has 0 saturated heterocycles. The van der Waals surface area contributed by atoms with E-state index in [1.54, 1.807) is 0 Å². The molecule has 0 aliphatic heterocycles. The molecule has 0 saturated carbocycles. The number of benzene rings is 10. The third-order valence-electron chi connectivity index (χ3n) is 12.0. The van der Waals surface area contributed by atoms with Crippen molar-refractivity contribution in [3.63, 3.8) is 0 Å². The van der Waals surface area contributed by atoms with Crippen molar-refractivity contribution in [1.29, 1.82) is 0 Å². The molecule has 2 heterocycles. The Kier molecular flexibility index (Phi) is 7.54. The molecule has 0 spiro atoms. The maximum absolute atomic E-state index is 6.46. The smallest absolute Gasteiger partial charge is 0.143 e. The van der Waals surface area contributed by atoms with Crippen LogP contribution in [0.5, 0.6) is 0 Å². The summed E-state index contributed by atoms with van der Waals surface area (Å²) in [6, 6.07) is 78.8. The van der Waals surface area contributed by atoms with E-state index in [2.05, 4.69) is 216 Å². The first-order valence-electron chi connectivity index (χ1n) is 20.2. The van der Waals surface area contributed by atoms with Crippen LogP contribution in [0.4, 0.5) is 17.1 Å². The van der Waals surface area contributed by atoms with Crippen LogP contribution in [-0.4, -0.2) is 4.57 Å². The fourth-order valence-electron chi connectivity index (χ4n) is 9.18. The fraction of sp³-hybridized carbons (Fsp3) is 0. The maximum Gasteiger partial charge on any atom is 0.143 e. The van der Waals surface area contributed by atoms with E-state index in [9.17, 15) is 0 Å². The standard InChI is InChI=1S/C56H36N2O/c1-2-12-38(13-3-1)46-20-10-14-39-24-25-40(35-52(39)46)37-26-29-42(30-27-37)57(45-31-33-47-41(34-45)28-32-51-50-19-6-9-23-55(50)59-56(47)51)43-15-11-16-44(36-43)58-53-21-7-4-17-48(53)49-18-5-8-22-54(49)58/h1-36H. The Bertz CT molecular complexity index is 3500. The molecule has 12 aromatic rings. The van der Waals surface area contributed by atoms with E-state index in [-0.39, 0.29) is 0 Å². The lowest BCUT2D eigenvalue weighted by atomic mass is 9.95. The summed E-state index contributed by atoms with van der Waals surface area (Å²) >= 11 is 0. The number of hydrogen-bond donors (Lipinski definition) is 0. The molecule has 2 aromatic heterocycles. The van der Waals surface area contributed by atoms with Crippen molar-refractivity contribution in [3.8, 4) is 27.9 Å². The minimum Gasteiger partial charge on any atom is -0.455 e. The Hall–Kier alpha value is -7.88. The van der Waals surface area contributed by atoms with E-state index >= 15 is 0 Å². The van der Waals surface area contributed by atoms with Crippen LogP contribution in [0, 0.1) is 0 Å². The van der Waals surface area contributed by atoms with Crippen LogP contribution in [0.15, 0.2) is 223 Å². The predicted octanol–water partition coefficient (Wildman–Crippen LogP) is 15.8. The van der Waals surface area contributed by atoms with Gasteiger partial charge < -0.3 is 13.9 Å². The molecule has 0 fully saturated rings. The van der Waals surface area contributed by atoms with Gasteiger partial charge in [0.05, 0.1) is 11.0 Å². The van der Waals surface area contributed by atoms with Crippen LogP contribution in [0.1, 0.15) is 0 Å². The molecule has 276 valence electrons. The predicted molar refractivity (Wildman–Crippen MR) is 249 cm³/mol. The van der Waals surface area contributed by atoms with Crippen LogP contribution >= 0.6 is 0 Å². The lowest BCUT2D eigenvalue weighted by Crippen LogP contribution is -2.10. The first-order valence-corrected chi connectivity index (χ1v) is 20.2. The SMILES string of the molecule is c1ccc(-c2cccc3ccc(-c4ccc(N(c5cccc(-n6c7ccccc7c7ccccc76)c5)c5ccc6c(ccc7c8ccccc8oc67)c5)cc4)cc23)cc1. The molecule has 0 radical (unpaired) electrons. The Balaban J connectivity index is 1.01. The van der Waals surface area contributed by atoms with Crippen molar-refractivity contribution >= 4 is 82.4 Å². The average Bonchev–Trinajstić information content (AvgIpc) is 3.86. The normalized spacial score (nSPS) is 11.7. The second kappa shape index (κ2) is 13.4. The van der Waals surface area contributed by atoms with Gasteiger partial charge in [-0.15, -0.1) is 0 Å². The van der Waals surface area contributed by atoms with Gasteiger partial charge in [-0.2, -0.15) is 0 Å². The van der Waals surface area contributed by atoms with Crippen LogP contribution in [0.25, 0.3) is 93.2 Å². The van der Waals surface area contributed by atoms with Crippen molar-refractivity contribution in [2.75, 3.05) is 4.90 Å². The number of hydrogen-bond acceptors (Lipinski definition) is 2. The quantitative estimate of drug-likeness (QED) is 0.169. The van der Waals surface area contributed by atoms with Gasteiger partial charge in [-0.05, 0) is 117 Å². The summed E-state index contributed by atoms with van der Waals surface area (Å²) in [5.41, 5.74) is 13.3. The molecule has 0 N–H and O–H groups in total. The van der Waals surface area contributed by atoms with Gasteiger partial charge in [0.15, 0.2) is 0 Å². The highest BCUT2D eigenvalue weighted by Gasteiger charge is 2.18. The summed E-state index contributed by atoms with van der Waals surface area (Å²) in [7, 11) is 0. The first kappa shape index (κ1) is 33.3. The minimum atomic E-state index is 0.908. The summed E-state index contributed by atoms with van der Waals surface area (Å²) in [5, 5.41) is 9.48. The van der Waals surface area contributed by atoms with Crippen LogP contribution in [0.2, 0.25) is 0 Å². The molecular weight excluding hydrogens is 717 g/mol. The zero-order valence-electron chi connectivity index (χ0n) is 32.1. The van der Waals surface area contributed by atoms with Gasteiger partial charge in [-0.1, -0.05) is 140 Å². The van der Waals surface area contributed by atoms with Gasteiger partial charge >= 0.3 is 0 Å². The molecule has 12 rings (SSSR count). The van der Waals surface area contributed by atoms with E-state index in [1.165, 1.54) is 54.8 Å². The summed E-state index contributed by atoms with van der Waals surface area (Å²) in [5.74, 6) is 0. The Labute approximate surface area is 341 Å². The van der Waals surface area contributed by atoms with Gasteiger partial charge in [-0.25, -0.2) is 0 Å². The van der Waals surface area contributed by atoms with E-state index in [1.807, 2.05) is 12.1 Å². The van der Waals surface area contributed by atoms with Crippen molar-refractivity contribution in [2.45, 2.75) is 0 Å². The van der Waals surface area contributed by atoms with E-state index in [0.717, 1.165) is 55.5 Å². The third-order valence-corrected chi connectivity index (χ3v) is 12.0. The number of anilines is 3. The molecule has 0 bridgehead atoms. The highest BCUT2D eigenvalue weighted by atomic mass is 16.3. The molecule has 3 heteroatoms. The van der Waals surface area contributed by atoms with Gasteiger partial charge in [-0.3, -0.25) is 0 Å². The molecule has 3 nitrogen and oxygen atoms in total. The van der Waals surface area contributed by atoms with Crippen molar-refractivity contribution in [1.82, 2.24) is 4.57 Å². The molecule has 0 unspecified atom stereocenters. The maximum atomic E-state index is 6.46. The fourth-order valence-corrected chi connectivity index (χ4v) is 9.18. The van der Waals surface area contributed by atoms with Gasteiger partial charge in [0.1, 0.15) is 11.2 Å². The van der Waals surface area contributed by atoms with Crippen molar-refractivity contribution < 1.29 is 4.42 Å². The molecule has 59 heavy (non-hydrogen) atoms. The van der Waals surface area contributed by atoms with Crippen LogP contribution in [-0.2, 0) is 0 Å². The van der Waals surface area contributed by atoms with Crippen LogP contribution in [0.3, 0.4) is 0 Å². The number of para-hydroxylation sites is 3. The summed E-state index contributed by atoms with van der Waals surface area (Å²) in [6.45, 7) is 0. The molecule has 0 amide bonds. The third kappa shape index (κ3) is 5.44. The summed E-state index contributed by atoms with van der Waals surface area (Å²) in [4.78, 5) is 2.37. The molecule has 10 aromatic carbocycles. The monoisotopic (exact) mass is 752 g/mol.